The second kappa shape index (κ2) is 9.00. The first kappa shape index (κ1) is 14.7. The molecular formula is C11H22N2O3. The number of aliphatic carboxylic acids is 1. The molecule has 94 valence electrons. The smallest absolute Gasteiger partial charge is 0.314 e. The molecule has 2 amide bonds. The lowest BCUT2D eigenvalue weighted by molar-refractivity contribution is -0.137. The lowest BCUT2D eigenvalue weighted by Crippen LogP contribution is -2.38. The normalized spacial score (nSPS) is 10.2. The minimum absolute atomic E-state index is 0.0901. The molecular weight excluding hydrogens is 208 g/mol. The maximum atomic E-state index is 11.3. The quantitative estimate of drug-likeness (QED) is 0.554. The summed E-state index contributed by atoms with van der Waals surface area (Å²) in [6.45, 7) is 5.28. The van der Waals surface area contributed by atoms with Crippen molar-refractivity contribution in [1.29, 1.82) is 0 Å². The number of nitrogens with one attached hydrogen (secondary N) is 2. The van der Waals surface area contributed by atoms with Crippen LogP contribution in [0.15, 0.2) is 0 Å². The van der Waals surface area contributed by atoms with E-state index >= 15 is 0 Å². The number of rotatable bonds is 8. The van der Waals surface area contributed by atoms with Crippen LogP contribution in [0.25, 0.3) is 0 Å². The molecule has 0 atom stereocenters. The van der Waals surface area contributed by atoms with Crippen molar-refractivity contribution in [1.82, 2.24) is 10.6 Å². The molecule has 5 nitrogen and oxygen atoms in total. The number of urea groups is 1. The third kappa shape index (κ3) is 8.08. The van der Waals surface area contributed by atoms with E-state index in [1.807, 2.05) is 0 Å². The van der Waals surface area contributed by atoms with Crippen LogP contribution in [0.1, 0.15) is 39.5 Å². The van der Waals surface area contributed by atoms with Gasteiger partial charge >= 0.3 is 12.0 Å². The summed E-state index contributed by atoms with van der Waals surface area (Å²) in [6, 6.07) is -0.211. The van der Waals surface area contributed by atoms with E-state index in [1.54, 1.807) is 0 Å². The van der Waals surface area contributed by atoms with Gasteiger partial charge < -0.3 is 15.7 Å². The van der Waals surface area contributed by atoms with Gasteiger partial charge in [-0.2, -0.15) is 0 Å². The molecule has 3 N–H and O–H groups in total. The maximum Gasteiger partial charge on any atom is 0.314 e. The topological polar surface area (TPSA) is 78.4 Å². The maximum absolute atomic E-state index is 11.3. The molecule has 0 fully saturated rings. The summed E-state index contributed by atoms with van der Waals surface area (Å²) in [5, 5.41) is 13.8. The molecule has 0 aliphatic rings. The third-order valence-corrected chi connectivity index (χ3v) is 2.56. The van der Waals surface area contributed by atoms with Crippen molar-refractivity contribution in [3.8, 4) is 0 Å². The van der Waals surface area contributed by atoms with Crippen LogP contribution >= 0.6 is 0 Å². The van der Waals surface area contributed by atoms with Crippen LogP contribution in [0, 0.1) is 5.92 Å². The largest absolute Gasteiger partial charge is 0.481 e. The van der Waals surface area contributed by atoms with Gasteiger partial charge in [-0.1, -0.05) is 26.7 Å². The van der Waals surface area contributed by atoms with Gasteiger partial charge in [-0.3, -0.25) is 4.79 Å². The van der Waals surface area contributed by atoms with Gasteiger partial charge in [0.05, 0.1) is 0 Å². The number of hydrogen-bond donors (Lipinski definition) is 3. The Hall–Kier alpha value is -1.26. The SMILES string of the molecule is CCC(CC)CNC(=O)NCCCC(=O)O. The Morgan fingerprint density at radius 2 is 1.81 bits per heavy atom. The molecule has 0 unspecified atom stereocenters. The van der Waals surface area contributed by atoms with Crippen LogP contribution in [0.4, 0.5) is 4.79 Å². The molecule has 0 aliphatic heterocycles. The Labute approximate surface area is 96.6 Å². The van der Waals surface area contributed by atoms with Crippen molar-refractivity contribution >= 4 is 12.0 Å². The van der Waals surface area contributed by atoms with Crippen LogP contribution in [0.2, 0.25) is 0 Å². The molecule has 0 aromatic heterocycles. The standard InChI is InChI=1S/C11H22N2O3/c1-3-9(4-2)8-13-11(16)12-7-5-6-10(14)15/h9H,3-8H2,1-2H3,(H,14,15)(H2,12,13,16). The van der Waals surface area contributed by atoms with E-state index in [1.165, 1.54) is 0 Å². The molecule has 0 saturated heterocycles. The summed E-state index contributed by atoms with van der Waals surface area (Å²) in [5.41, 5.74) is 0. The molecule has 0 saturated carbocycles. The van der Waals surface area contributed by atoms with Crippen molar-refractivity contribution in [3.05, 3.63) is 0 Å². The summed E-state index contributed by atoms with van der Waals surface area (Å²) in [4.78, 5) is 21.5. The number of carboxylic acid groups (broad SMARTS) is 1. The Morgan fingerprint density at radius 3 is 2.31 bits per heavy atom. The van der Waals surface area contributed by atoms with E-state index in [2.05, 4.69) is 24.5 Å². The molecule has 5 heteroatoms. The fourth-order valence-electron chi connectivity index (χ4n) is 1.32. The van der Waals surface area contributed by atoms with Crippen LogP contribution in [0.3, 0.4) is 0 Å². The first-order valence-electron chi connectivity index (χ1n) is 5.83. The highest BCUT2D eigenvalue weighted by Gasteiger charge is 2.05. The summed E-state index contributed by atoms with van der Waals surface area (Å²) < 4.78 is 0. The second-order valence-electron chi connectivity index (χ2n) is 3.82. The minimum Gasteiger partial charge on any atom is -0.481 e. The molecule has 0 aliphatic carbocycles. The predicted molar refractivity (Wildman–Crippen MR) is 62.3 cm³/mol. The van der Waals surface area contributed by atoms with Gasteiger partial charge in [0.2, 0.25) is 0 Å². The van der Waals surface area contributed by atoms with Crippen molar-refractivity contribution in [2.24, 2.45) is 5.92 Å². The van der Waals surface area contributed by atoms with Crippen molar-refractivity contribution in [3.63, 3.8) is 0 Å². The molecule has 0 radical (unpaired) electrons. The molecule has 0 bridgehead atoms. The highest BCUT2D eigenvalue weighted by atomic mass is 16.4. The number of hydrogen-bond acceptors (Lipinski definition) is 2. The number of carbonyl (C=O) groups is 2. The molecule has 0 rings (SSSR count). The Balaban J connectivity index is 3.47. The van der Waals surface area contributed by atoms with Gasteiger partial charge in [0.1, 0.15) is 0 Å². The summed E-state index contributed by atoms with van der Waals surface area (Å²) in [6.07, 6.45) is 2.66. The molecule has 0 heterocycles. The van der Waals surface area contributed by atoms with Crippen molar-refractivity contribution in [2.45, 2.75) is 39.5 Å². The van der Waals surface area contributed by atoms with E-state index in [4.69, 9.17) is 5.11 Å². The van der Waals surface area contributed by atoms with E-state index in [9.17, 15) is 9.59 Å². The van der Waals surface area contributed by atoms with Gasteiger partial charge in [0.15, 0.2) is 0 Å². The van der Waals surface area contributed by atoms with Gasteiger partial charge in [0.25, 0.3) is 0 Å². The Bertz CT molecular complexity index is 215. The van der Waals surface area contributed by atoms with E-state index in [0.29, 0.717) is 25.4 Å². The zero-order chi connectivity index (χ0) is 12.4. The highest BCUT2D eigenvalue weighted by Crippen LogP contribution is 2.04. The summed E-state index contributed by atoms with van der Waals surface area (Å²) >= 11 is 0. The van der Waals surface area contributed by atoms with Crippen molar-refractivity contribution in [2.75, 3.05) is 13.1 Å². The summed E-state index contributed by atoms with van der Waals surface area (Å²) in [5.74, 6) is -0.316. The van der Waals surface area contributed by atoms with Gasteiger partial charge in [-0.25, -0.2) is 4.79 Å². The molecule has 0 spiro atoms. The zero-order valence-electron chi connectivity index (χ0n) is 10.1. The number of carbonyl (C=O) groups excluding carboxylic acids is 1. The van der Waals surface area contributed by atoms with Gasteiger partial charge in [-0.05, 0) is 12.3 Å². The molecule has 0 aromatic carbocycles. The average Bonchev–Trinajstić information content (AvgIpc) is 2.25. The van der Waals surface area contributed by atoms with Crippen LogP contribution in [-0.4, -0.2) is 30.2 Å². The summed E-state index contributed by atoms with van der Waals surface area (Å²) in [7, 11) is 0. The first-order chi connectivity index (χ1) is 7.60. The number of carboxylic acids is 1. The second-order valence-corrected chi connectivity index (χ2v) is 3.82. The monoisotopic (exact) mass is 230 g/mol. The zero-order valence-corrected chi connectivity index (χ0v) is 10.1. The Kier molecular flexibility index (Phi) is 8.29. The lowest BCUT2D eigenvalue weighted by atomic mass is 10.0. The van der Waals surface area contributed by atoms with E-state index in [0.717, 1.165) is 12.8 Å². The fourth-order valence-corrected chi connectivity index (χ4v) is 1.32. The van der Waals surface area contributed by atoms with Crippen LogP contribution in [0.5, 0.6) is 0 Å². The van der Waals surface area contributed by atoms with Gasteiger partial charge in [0, 0.05) is 19.5 Å². The van der Waals surface area contributed by atoms with E-state index in [-0.39, 0.29) is 12.5 Å². The highest BCUT2D eigenvalue weighted by molar-refractivity contribution is 5.73. The molecule has 16 heavy (non-hydrogen) atoms. The Morgan fingerprint density at radius 1 is 1.19 bits per heavy atom. The third-order valence-electron chi connectivity index (χ3n) is 2.56. The fraction of sp³-hybridized carbons (Fsp3) is 0.818. The van der Waals surface area contributed by atoms with E-state index < -0.39 is 5.97 Å². The lowest BCUT2D eigenvalue weighted by Gasteiger charge is -2.13. The first-order valence-corrected chi connectivity index (χ1v) is 5.83. The van der Waals surface area contributed by atoms with Crippen LogP contribution in [-0.2, 0) is 4.79 Å². The van der Waals surface area contributed by atoms with Gasteiger partial charge in [-0.15, -0.1) is 0 Å². The average molecular weight is 230 g/mol. The predicted octanol–water partition coefficient (Wildman–Crippen LogP) is 1.59. The molecule has 0 aromatic rings. The minimum atomic E-state index is -0.834. The van der Waals surface area contributed by atoms with Crippen molar-refractivity contribution < 1.29 is 14.7 Å². The number of amides is 2. The van der Waals surface area contributed by atoms with Crippen LogP contribution < -0.4 is 10.6 Å².